The van der Waals surface area contributed by atoms with Gasteiger partial charge < -0.3 is 15.7 Å². The van der Waals surface area contributed by atoms with Gasteiger partial charge in [0.1, 0.15) is 11.9 Å². The lowest BCUT2D eigenvalue weighted by Gasteiger charge is -2.23. The lowest BCUT2D eigenvalue weighted by Crippen LogP contribution is -2.50. The number of aromatic hydroxyl groups is 1. The SMILES string of the molecule is N#CC(Cc1cc(-c2cccc(O)n2)ccc1F)NC(=O)[C@H]1N[C@@H]2CC[C@H]1C2. The van der Waals surface area contributed by atoms with Crippen LogP contribution in [0.4, 0.5) is 4.39 Å². The fourth-order valence-corrected chi connectivity index (χ4v) is 4.24. The maximum Gasteiger partial charge on any atom is 0.238 e. The molecule has 1 aromatic heterocycles. The van der Waals surface area contributed by atoms with Crippen LogP contribution in [0.3, 0.4) is 0 Å². The van der Waals surface area contributed by atoms with Crippen molar-refractivity contribution in [1.82, 2.24) is 15.6 Å². The van der Waals surface area contributed by atoms with Crippen molar-refractivity contribution >= 4 is 5.91 Å². The molecule has 1 aromatic carbocycles. The van der Waals surface area contributed by atoms with Crippen molar-refractivity contribution in [3.8, 4) is 23.2 Å². The molecule has 1 aliphatic heterocycles. The molecule has 2 aliphatic rings. The Balaban J connectivity index is 1.48. The molecule has 1 aliphatic carbocycles. The topological polar surface area (TPSA) is 98.0 Å². The number of carbonyl (C=O) groups excluding carboxylic acids is 1. The lowest BCUT2D eigenvalue weighted by atomic mass is 9.98. The average molecular weight is 380 g/mol. The first-order valence-electron chi connectivity index (χ1n) is 9.44. The highest BCUT2D eigenvalue weighted by Crippen LogP contribution is 2.35. The van der Waals surface area contributed by atoms with E-state index in [9.17, 15) is 19.6 Å². The first-order chi connectivity index (χ1) is 13.5. The Morgan fingerprint density at radius 1 is 1.39 bits per heavy atom. The fraction of sp³-hybridized carbons (Fsp3) is 0.381. The van der Waals surface area contributed by atoms with Gasteiger partial charge in [0.25, 0.3) is 0 Å². The van der Waals surface area contributed by atoms with E-state index < -0.39 is 11.9 Å². The molecule has 1 unspecified atom stereocenters. The third-order valence-electron chi connectivity index (χ3n) is 5.61. The second-order valence-corrected chi connectivity index (χ2v) is 7.50. The minimum Gasteiger partial charge on any atom is -0.493 e. The number of halogens is 1. The summed E-state index contributed by atoms with van der Waals surface area (Å²) in [5.41, 5.74) is 1.45. The Morgan fingerprint density at radius 2 is 2.25 bits per heavy atom. The van der Waals surface area contributed by atoms with Gasteiger partial charge in [0.05, 0.1) is 17.8 Å². The summed E-state index contributed by atoms with van der Waals surface area (Å²) in [4.78, 5) is 16.6. The molecule has 1 saturated heterocycles. The minimum atomic E-state index is -0.824. The molecule has 0 spiro atoms. The standard InChI is InChI=1S/C21H21FN4O2/c22-17-7-5-12(18-2-1-3-19(27)26-18)8-14(17)10-16(11-23)25-21(28)20-13-4-6-15(9-13)24-20/h1-3,5,7-8,13,15-16,20,24H,4,6,9-10H2,(H,25,28)(H,26,27)/t13-,15+,16?,20-/m0/s1. The molecular weight excluding hydrogens is 359 g/mol. The van der Waals surface area contributed by atoms with Crippen LogP contribution in [0.5, 0.6) is 5.88 Å². The van der Waals surface area contributed by atoms with Gasteiger partial charge in [-0.2, -0.15) is 5.26 Å². The van der Waals surface area contributed by atoms with E-state index in [0.717, 1.165) is 19.3 Å². The van der Waals surface area contributed by atoms with Crippen LogP contribution in [0.2, 0.25) is 0 Å². The summed E-state index contributed by atoms with van der Waals surface area (Å²) < 4.78 is 14.3. The summed E-state index contributed by atoms with van der Waals surface area (Å²) in [5, 5.41) is 25.1. The summed E-state index contributed by atoms with van der Waals surface area (Å²) in [6.07, 6.45) is 3.18. The van der Waals surface area contributed by atoms with Crippen molar-refractivity contribution in [1.29, 1.82) is 5.26 Å². The van der Waals surface area contributed by atoms with E-state index in [1.165, 1.54) is 12.1 Å². The Kier molecular flexibility index (Phi) is 4.97. The van der Waals surface area contributed by atoms with Crippen molar-refractivity contribution in [3.05, 3.63) is 47.8 Å². The number of hydrogen-bond donors (Lipinski definition) is 3. The summed E-state index contributed by atoms with van der Waals surface area (Å²) in [6.45, 7) is 0. The third kappa shape index (κ3) is 3.69. The zero-order chi connectivity index (χ0) is 19.7. The highest BCUT2D eigenvalue weighted by molar-refractivity contribution is 5.83. The molecule has 7 heteroatoms. The van der Waals surface area contributed by atoms with Gasteiger partial charge in [0.2, 0.25) is 11.8 Å². The third-order valence-corrected chi connectivity index (χ3v) is 5.61. The Labute approximate surface area is 162 Å². The van der Waals surface area contributed by atoms with Gasteiger partial charge in [-0.1, -0.05) is 6.07 Å². The van der Waals surface area contributed by atoms with Crippen molar-refractivity contribution < 1.29 is 14.3 Å². The smallest absolute Gasteiger partial charge is 0.238 e. The highest BCUT2D eigenvalue weighted by atomic mass is 19.1. The number of piperidine rings is 1. The molecule has 2 fully saturated rings. The average Bonchev–Trinajstić information content (AvgIpc) is 3.32. The number of benzene rings is 1. The first-order valence-corrected chi connectivity index (χ1v) is 9.44. The molecule has 1 amide bonds. The van der Waals surface area contributed by atoms with Crippen LogP contribution in [0, 0.1) is 23.1 Å². The summed E-state index contributed by atoms with van der Waals surface area (Å²) >= 11 is 0. The van der Waals surface area contributed by atoms with Crippen molar-refractivity contribution in [2.75, 3.05) is 0 Å². The predicted octanol–water partition coefficient (Wildman–Crippen LogP) is 2.28. The fourth-order valence-electron chi connectivity index (χ4n) is 4.24. The summed E-state index contributed by atoms with van der Waals surface area (Å²) in [6, 6.07) is 10.7. The van der Waals surface area contributed by atoms with Gasteiger partial charge in [-0.05, 0) is 55.0 Å². The number of pyridine rings is 1. The maximum absolute atomic E-state index is 14.3. The quantitative estimate of drug-likeness (QED) is 0.739. The van der Waals surface area contributed by atoms with E-state index in [1.807, 2.05) is 0 Å². The van der Waals surface area contributed by atoms with Gasteiger partial charge in [-0.3, -0.25) is 4.79 Å². The van der Waals surface area contributed by atoms with Gasteiger partial charge >= 0.3 is 0 Å². The van der Waals surface area contributed by atoms with Gasteiger partial charge in [-0.25, -0.2) is 9.37 Å². The lowest BCUT2D eigenvalue weighted by molar-refractivity contribution is -0.124. The molecule has 2 heterocycles. The predicted molar refractivity (Wildman–Crippen MR) is 101 cm³/mol. The van der Waals surface area contributed by atoms with E-state index in [-0.39, 0.29) is 24.2 Å². The van der Waals surface area contributed by atoms with Crippen LogP contribution >= 0.6 is 0 Å². The maximum atomic E-state index is 14.3. The van der Waals surface area contributed by atoms with Crippen LogP contribution in [0.15, 0.2) is 36.4 Å². The highest BCUT2D eigenvalue weighted by Gasteiger charge is 2.43. The van der Waals surface area contributed by atoms with Crippen LogP contribution in [0.1, 0.15) is 24.8 Å². The normalized spacial score (nSPS) is 23.9. The molecule has 0 radical (unpaired) electrons. The molecule has 4 atom stereocenters. The zero-order valence-electron chi connectivity index (χ0n) is 15.2. The van der Waals surface area contributed by atoms with E-state index >= 15 is 0 Å². The van der Waals surface area contributed by atoms with Crippen LogP contribution in [-0.2, 0) is 11.2 Å². The number of amides is 1. The van der Waals surface area contributed by atoms with E-state index in [4.69, 9.17) is 0 Å². The Morgan fingerprint density at radius 3 is 2.93 bits per heavy atom. The van der Waals surface area contributed by atoms with Crippen LogP contribution in [-0.4, -0.2) is 34.1 Å². The molecule has 28 heavy (non-hydrogen) atoms. The van der Waals surface area contributed by atoms with Crippen LogP contribution < -0.4 is 10.6 Å². The number of nitrogens with one attached hydrogen (secondary N) is 2. The van der Waals surface area contributed by atoms with Crippen molar-refractivity contribution in [2.45, 2.75) is 43.8 Å². The van der Waals surface area contributed by atoms with Crippen molar-refractivity contribution in [3.63, 3.8) is 0 Å². The number of aromatic nitrogens is 1. The Bertz CT molecular complexity index is 942. The molecule has 6 nitrogen and oxygen atoms in total. The summed E-state index contributed by atoms with van der Waals surface area (Å²) in [5.74, 6) is -0.438. The zero-order valence-corrected chi connectivity index (χ0v) is 15.2. The van der Waals surface area contributed by atoms with Crippen molar-refractivity contribution in [2.24, 2.45) is 5.92 Å². The number of fused-ring (bicyclic) bond motifs is 2. The molecule has 1 saturated carbocycles. The van der Waals surface area contributed by atoms with E-state index in [2.05, 4.69) is 21.7 Å². The molecular formula is C21H21FN4O2. The number of nitriles is 1. The second-order valence-electron chi connectivity index (χ2n) is 7.50. The molecule has 144 valence electrons. The summed E-state index contributed by atoms with van der Waals surface area (Å²) in [7, 11) is 0. The number of rotatable bonds is 5. The monoisotopic (exact) mass is 380 g/mol. The number of nitrogens with zero attached hydrogens (tertiary/aromatic N) is 2. The molecule has 2 bridgehead atoms. The second kappa shape index (κ2) is 7.56. The largest absolute Gasteiger partial charge is 0.493 e. The number of carbonyl (C=O) groups is 1. The number of hydrogen-bond acceptors (Lipinski definition) is 5. The first kappa shape index (κ1) is 18.4. The van der Waals surface area contributed by atoms with E-state index in [1.54, 1.807) is 24.3 Å². The molecule has 4 rings (SSSR count). The van der Waals surface area contributed by atoms with Crippen LogP contribution in [0.25, 0.3) is 11.3 Å². The Hall–Kier alpha value is -2.98. The molecule has 3 N–H and O–H groups in total. The van der Waals surface area contributed by atoms with Gasteiger partial charge in [-0.15, -0.1) is 0 Å². The van der Waals surface area contributed by atoms with E-state index in [0.29, 0.717) is 28.8 Å². The molecule has 2 aromatic rings. The van der Waals surface area contributed by atoms with Gasteiger partial charge in [0, 0.05) is 24.1 Å². The minimum absolute atomic E-state index is 0.0571. The van der Waals surface area contributed by atoms with Gasteiger partial charge in [0.15, 0.2) is 0 Å².